The molecule has 0 bridgehead atoms. The monoisotopic (exact) mass is 511 g/mol. The van der Waals surface area contributed by atoms with Crippen LogP contribution in [0.15, 0.2) is 46.8 Å². The van der Waals surface area contributed by atoms with Gasteiger partial charge in [-0.3, -0.25) is 9.69 Å². The molecule has 1 fully saturated rings. The summed E-state index contributed by atoms with van der Waals surface area (Å²) < 4.78 is 33.2. The first-order chi connectivity index (χ1) is 18.0. The number of furan rings is 1. The highest BCUT2D eigenvalue weighted by Gasteiger charge is 2.58. The molecule has 0 saturated carbocycles. The average Bonchev–Trinajstić information content (AvgIpc) is 3.68. The fourth-order valence-electron chi connectivity index (χ4n) is 6.14. The molecule has 0 amide bonds. The second-order valence-electron chi connectivity index (χ2n) is 9.78. The summed E-state index contributed by atoms with van der Waals surface area (Å²) in [6.07, 6.45) is 3.27. The molecule has 1 aromatic carbocycles. The third kappa shape index (κ3) is 4.14. The highest BCUT2D eigenvalue weighted by molar-refractivity contribution is 5.82. The minimum Gasteiger partial charge on any atom is -0.497 e. The predicted molar refractivity (Wildman–Crippen MR) is 127 cm³/mol. The Labute approximate surface area is 213 Å². The Bertz CT molecular complexity index is 1220. The summed E-state index contributed by atoms with van der Waals surface area (Å²) >= 11 is 0. The molecular weight excluding hydrogens is 482 g/mol. The molecule has 2 aromatic rings. The van der Waals surface area contributed by atoms with Crippen LogP contribution in [0.1, 0.15) is 42.1 Å². The van der Waals surface area contributed by atoms with Crippen LogP contribution >= 0.6 is 0 Å². The van der Waals surface area contributed by atoms with Gasteiger partial charge in [-0.1, -0.05) is 0 Å². The van der Waals surface area contributed by atoms with E-state index in [9.17, 15) is 14.7 Å². The molecular formula is C27H29NO9. The largest absolute Gasteiger partial charge is 0.497 e. The normalized spacial score (nSPS) is 26.4. The second-order valence-corrected chi connectivity index (χ2v) is 9.78. The number of hydrogen-bond acceptors (Lipinski definition) is 10. The van der Waals surface area contributed by atoms with Gasteiger partial charge in [-0.2, -0.15) is 0 Å². The maximum Gasteiger partial charge on any atom is 0.336 e. The standard InChI is InChI=1S/C27H29NO9/c1-32-22-13-27-6-3-7-28(27)8-5-16-10-20-21(36-15-35-20)11-18(16)24(27)25(22)37-26(31)19(29)12-23(30)34-14-17-4-2-9-33-17/h2,4,9-11,13,19,24-25,29H,3,5-8,12,14-15H2,1H3/t19-,24-,25?,27?/m1/s1. The van der Waals surface area contributed by atoms with E-state index < -0.39 is 30.6 Å². The zero-order valence-corrected chi connectivity index (χ0v) is 20.5. The quantitative estimate of drug-likeness (QED) is 0.556. The summed E-state index contributed by atoms with van der Waals surface area (Å²) in [7, 11) is 1.55. The van der Waals surface area contributed by atoms with Crippen LogP contribution < -0.4 is 9.47 Å². The second kappa shape index (κ2) is 9.42. The van der Waals surface area contributed by atoms with Crippen LogP contribution in [-0.4, -0.2) is 66.7 Å². The van der Waals surface area contributed by atoms with Gasteiger partial charge >= 0.3 is 11.9 Å². The first-order valence-electron chi connectivity index (χ1n) is 12.5. The van der Waals surface area contributed by atoms with Gasteiger partial charge in [0.25, 0.3) is 0 Å². The summed E-state index contributed by atoms with van der Waals surface area (Å²) in [4.78, 5) is 27.7. The molecule has 6 rings (SSSR count). The fraction of sp³-hybridized carbons (Fsp3) is 0.481. The lowest BCUT2D eigenvalue weighted by Gasteiger charge is -2.39. The zero-order valence-electron chi connectivity index (χ0n) is 20.5. The van der Waals surface area contributed by atoms with Crippen molar-refractivity contribution in [1.29, 1.82) is 0 Å². The van der Waals surface area contributed by atoms with Crippen molar-refractivity contribution in [3.63, 3.8) is 0 Å². The maximum atomic E-state index is 13.0. The molecule has 1 spiro atoms. The van der Waals surface area contributed by atoms with Crippen LogP contribution in [0, 0.1) is 0 Å². The van der Waals surface area contributed by atoms with Gasteiger partial charge in [0, 0.05) is 6.54 Å². The molecule has 1 saturated heterocycles. The van der Waals surface area contributed by atoms with Crippen LogP contribution in [0.3, 0.4) is 0 Å². The first-order valence-corrected chi connectivity index (χ1v) is 12.5. The number of esters is 2. The number of aliphatic hydroxyl groups is 1. The molecule has 10 nitrogen and oxygen atoms in total. The van der Waals surface area contributed by atoms with Gasteiger partial charge < -0.3 is 33.2 Å². The van der Waals surface area contributed by atoms with Gasteiger partial charge in [0.15, 0.2) is 23.7 Å². The van der Waals surface area contributed by atoms with Crippen molar-refractivity contribution < 1.29 is 42.8 Å². The Morgan fingerprint density at radius 2 is 2.08 bits per heavy atom. The minimum atomic E-state index is -1.68. The van der Waals surface area contributed by atoms with E-state index in [2.05, 4.69) is 11.0 Å². The molecule has 37 heavy (non-hydrogen) atoms. The number of ether oxygens (including phenoxy) is 5. The van der Waals surface area contributed by atoms with Crippen LogP contribution in [-0.2, 0) is 36.8 Å². The number of carbonyl (C=O) groups excluding carboxylic acids is 2. The van der Waals surface area contributed by atoms with Gasteiger partial charge in [0.05, 0.1) is 31.3 Å². The fourth-order valence-corrected chi connectivity index (χ4v) is 6.14. The number of hydrogen-bond donors (Lipinski definition) is 1. The Morgan fingerprint density at radius 1 is 1.24 bits per heavy atom. The molecule has 0 radical (unpaired) electrons. The Morgan fingerprint density at radius 3 is 2.86 bits per heavy atom. The van der Waals surface area contributed by atoms with E-state index in [-0.39, 0.29) is 24.9 Å². The predicted octanol–water partition coefficient (Wildman–Crippen LogP) is 2.43. The van der Waals surface area contributed by atoms with Crippen molar-refractivity contribution in [2.75, 3.05) is 27.0 Å². The lowest BCUT2D eigenvalue weighted by Crippen LogP contribution is -2.47. The Hall–Kier alpha value is -3.50. The van der Waals surface area contributed by atoms with Gasteiger partial charge in [-0.25, -0.2) is 4.79 Å². The molecule has 10 heteroatoms. The van der Waals surface area contributed by atoms with E-state index >= 15 is 0 Å². The van der Waals surface area contributed by atoms with E-state index in [1.54, 1.807) is 19.2 Å². The van der Waals surface area contributed by atoms with Crippen LogP contribution in [0.5, 0.6) is 11.5 Å². The van der Waals surface area contributed by atoms with Gasteiger partial charge in [0.2, 0.25) is 6.79 Å². The zero-order chi connectivity index (χ0) is 25.6. The van der Waals surface area contributed by atoms with Crippen molar-refractivity contribution in [3.05, 3.63) is 59.3 Å². The summed E-state index contributed by atoms with van der Waals surface area (Å²) in [5, 5.41) is 10.5. The Kier molecular flexibility index (Phi) is 6.08. The SMILES string of the molecule is COC1=CC23CCCN2CCc2cc4c(cc2[C@@H]3C1OC(=O)[C@H](O)CC(=O)OCc1ccco1)OCO4. The number of benzene rings is 1. The maximum absolute atomic E-state index is 13.0. The summed E-state index contributed by atoms with van der Waals surface area (Å²) in [5.41, 5.74) is 1.74. The highest BCUT2D eigenvalue weighted by atomic mass is 16.7. The highest BCUT2D eigenvalue weighted by Crippen LogP contribution is 2.55. The van der Waals surface area contributed by atoms with Gasteiger partial charge in [0.1, 0.15) is 18.1 Å². The molecule has 196 valence electrons. The minimum absolute atomic E-state index is 0.0832. The van der Waals surface area contributed by atoms with E-state index in [1.165, 1.54) is 6.26 Å². The van der Waals surface area contributed by atoms with Crippen molar-refractivity contribution in [2.45, 2.75) is 56.0 Å². The average molecular weight is 512 g/mol. The molecule has 4 heterocycles. The molecule has 2 unspecified atom stereocenters. The van der Waals surface area contributed by atoms with E-state index in [0.29, 0.717) is 23.0 Å². The number of rotatable bonds is 7. The number of fused-ring (bicyclic) bond motifs is 3. The molecule has 1 aromatic heterocycles. The smallest absolute Gasteiger partial charge is 0.336 e. The summed E-state index contributed by atoms with van der Waals surface area (Å²) in [5.74, 6) is 0.463. The van der Waals surface area contributed by atoms with E-state index in [0.717, 1.165) is 43.5 Å². The third-order valence-electron chi connectivity index (χ3n) is 7.79. The van der Waals surface area contributed by atoms with Crippen LogP contribution in [0.25, 0.3) is 0 Å². The Balaban J connectivity index is 1.25. The number of nitrogens with zero attached hydrogens (tertiary/aromatic N) is 1. The molecule has 1 aliphatic carbocycles. The molecule has 4 aliphatic rings. The molecule has 3 aliphatic heterocycles. The molecule has 4 atom stereocenters. The van der Waals surface area contributed by atoms with Crippen molar-refractivity contribution in [2.24, 2.45) is 0 Å². The van der Waals surface area contributed by atoms with Gasteiger partial charge in [-0.15, -0.1) is 0 Å². The number of aliphatic hydroxyl groups excluding tert-OH is 1. The van der Waals surface area contributed by atoms with Crippen molar-refractivity contribution in [1.82, 2.24) is 4.90 Å². The molecule has 1 N–H and O–H groups in total. The van der Waals surface area contributed by atoms with Crippen molar-refractivity contribution >= 4 is 11.9 Å². The van der Waals surface area contributed by atoms with Gasteiger partial charge in [-0.05, 0) is 67.3 Å². The summed E-state index contributed by atoms with van der Waals surface area (Å²) in [6, 6.07) is 7.34. The first kappa shape index (κ1) is 23.9. The van der Waals surface area contributed by atoms with E-state index in [4.69, 9.17) is 28.1 Å². The van der Waals surface area contributed by atoms with Crippen LogP contribution in [0.2, 0.25) is 0 Å². The summed E-state index contributed by atoms with van der Waals surface area (Å²) in [6.45, 7) is 1.86. The third-order valence-corrected chi connectivity index (χ3v) is 7.79. The topological polar surface area (TPSA) is 117 Å². The van der Waals surface area contributed by atoms with Crippen molar-refractivity contribution in [3.8, 4) is 11.5 Å². The number of carbonyl (C=O) groups is 2. The van der Waals surface area contributed by atoms with E-state index in [1.807, 2.05) is 12.1 Å². The van der Waals surface area contributed by atoms with Crippen LogP contribution in [0.4, 0.5) is 0 Å². The lowest BCUT2D eigenvalue weighted by atomic mass is 9.77. The lowest BCUT2D eigenvalue weighted by molar-refractivity contribution is -0.165. The number of methoxy groups -OCH3 is 1.